The van der Waals surface area contributed by atoms with E-state index in [2.05, 4.69) is 5.32 Å². The second-order valence-corrected chi connectivity index (χ2v) is 4.88. The molecule has 1 aliphatic rings. The van der Waals surface area contributed by atoms with Crippen LogP contribution in [0.4, 0.5) is 0 Å². The number of nitrogens with one attached hydrogen (secondary N) is 1. The molecule has 1 amide bonds. The Hall–Kier alpha value is -1.63. The first-order chi connectivity index (χ1) is 6.89. The second kappa shape index (κ2) is 4.26. The molecule has 1 atom stereocenters. The largest absolute Gasteiger partial charge is 0.478 e. The fourth-order valence-electron chi connectivity index (χ4n) is 1.04. The number of rotatable bonds is 3. The molecule has 0 aliphatic carbocycles. The van der Waals surface area contributed by atoms with Gasteiger partial charge in [0.25, 0.3) is 0 Å². The highest BCUT2D eigenvalue weighted by Crippen LogP contribution is 2.07. The first-order valence-corrected chi connectivity index (χ1v) is 5.73. The summed E-state index contributed by atoms with van der Waals surface area (Å²) in [5.74, 6) is -2.05. The molecule has 6 nitrogen and oxygen atoms in total. The second-order valence-electron chi connectivity index (χ2n) is 2.94. The van der Waals surface area contributed by atoms with Gasteiger partial charge in [-0.3, -0.25) is 4.79 Å². The van der Waals surface area contributed by atoms with Crippen LogP contribution in [0.5, 0.6) is 0 Å². The van der Waals surface area contributed by atoms with Crippen LogP contribution in [0.1, 0.15) is 0 Å². The molecular formula is C8H9NO5S. The Bertz CT molecular complexity index is 434. The van der Waals surface area contributed by atoms with E-state index in [1.54, 1.807) is 0 Å². The van der Waals surface area contributed by atoms with Crippen molar-refractivity contribution < 1.29 is 23.1 Å². The van der Waals surface area contributed by atoms with Crippen molar-refractivity contribution in [1.82, 2.24) is 5.32 Å². The summed E-state index contributed by atoms with van der Waals surface area (Å²) in [6.45, 7) is 0. The predicted octanol–water partition coefficient (Wildman–Crippen LogP) is -0.946. The van der Waals surface area contributed by atoms with E-state index in [1.165, 1.54) is 6.08 Å². The Morgan fingerprint density at radius 1 is 1.40 bits per heavy atom. The summed E-state index contributed by atoms with van der Waals surface area (Å²) in [6.07, 6.45) is 2.87. The van der Waals surface area contributed by atoms with Gasteiger partial charge in [0.05, 0.1) is 11.8 Å². The first-order valence-electron chi connectivity index (χ1n) is 4.01. The van der Waals surface area contributed by atoms with E-state index in [9.17, 15) is 18.0 Å². The molecule has 0 aromatic carbocycles. The molecular weight excluding hydrogens is 222 g/mol. The molecule has 1 rings (SSSR count). The van der Waals surface area contributed by atoms with Crippen LogP contribution in [-0.2, 0) is 19.4 Å². The molecule has 15 heavy (non-hydrogen) atoms. The van der Waals surface area contributed by atoms with E-state index >= 15 is 0 Å². The molecule has 0 radical (unpaired) electrons. The molecule has 0 fully saturated rings. The highest BCUT2D eigenvalue weighted by Gasteiger charge is 2.22. The van der Waals surface area contributed by atoms with Gasteiger partial charge in [0.2, 0.25) is 5.91 Å². The van der Waals surface area contributed by atoms with Gasteiger partial charge >= 0.3 is 5.97 Å². The lowest BCUT2D eigenvalue weighted by Gasteiger charge is -2.06. The Kier molecular flexibility index (Phi) is 3.25. The van der Waals surface area contributed by atoms with Crippen molar-refractivity contribution in [3.63, 3.8) is 0 Å². The topological polar surface area (TPSA) is 101 Å². The van der Waals surface area contributed by atoms with Crippen molar-refractivity contribution in [1.29, 1.82) is 0 Å². The van der Waals surface area contributed by atoms with Gasteiger partial charge in [-0.05, 0) is 6.08 Å². The fourth-order valence-corrected chi connectivity index (χ4v) is 2.28. The van der Waals surface area contributed by atoms with Crippen molar-refractivity contribution in [2.45, 2.75) is 6.04 Å². The first kappa shape index (κ1) is 11.4. The Labute approximate surface area is 86.2 Å². The van der Waals surface area contributed by atoms with Crippen molar-refractivity contribution in [3.8, 4) is 0 Å². The number of sulfone groups is 1. The molecule has 7 heteroatoms. The number of carbonyl (C=O) groups excluding carboxylic acids is 1. The van der Waals surface area contributed by atoms with Crippen LogP contribution in [-0.4, -0.2) is 37.2 Å². The maximum atomic E-state index is 11.0. The highest BCUT2D eigenvalue weighted by molar-refractivity contribution is 7.94. The van der Waals surface area contributed by atoms with Crippen LogP contribution in [0.15, 0.2) is 23.6 Å². The molecule has 0 spiro atoms. The molecule has 1 aliphatic heterocycles. The number of carbonyl (C=O) groups is 2. The number of hydrogen-bond donors (Lipinski definition) is 2. The number of aliphatic carboxylic acids is 1. The van der Waals surface area contributed by atoms with E-state index in [1.807, 2.05) is 0 Å². The zero-order valence-electron chi connectivity index (χ0n) is 7.58. The van der Waals surface area contributed by atoms with Gasteiger partial charge in [-0.2, -0.15) is 0 Å². The summed E-state index contributed by atoms with van der Waals surface area (Å²) in [7, 11) is -3.21. The monoisotopic (exact) mass is 231 g/mol. The molecule has 0 saturated carbocycles. The SMILES string of the molecule is O=C(O)C=CC(=O)NC1C=CS(=O)(=O)C1. The van der Waals surface area contributed by atoms with Crippen LogP contribution < -0.4 is 5.32 Å². The fraction of sp³-hybridized carbons (Fsp3) is 0.250. The third-order valence-electron chi connectivity index (χ3n) is 1.64. The van der Waals surface area contributed by atoms with Crippen molar-refractivity contribution >= 4 is 21.7 Å². The number of amides is 1. The van der Waals surface area contributed by atoms with Gasteiger partial charge in [0.15, 0.2) is 9.84 Å². The van der Waals surface area contributed by atoms with E-state index in [0.29, 0.717) is 6.08 Å². The average Bonchev–Trinajstić information content (AvgIpc) is 2.42. The van der Waals surface area contributed by atoms with Crippen LogP contribution >= 0.6 is 0 Å². The maximum Gasteiger partial charge on any atom is 0.328 e. The van der Waals surface area contributed by atoms with Gasteiger partial charge in [0.1, 0.15) is 0 Å². The van der Waals surface area contributed by atoms with Crippen molar-refractivity contribution in [3.05, 3.63) is 23.6 Å². The van der Waals surface area contributed by atoms with Crippen molar-refractivity contribution in [2.24, 2.45) is 0 Å². The molecule has 2 N–H and O–H groups in total. The molecule has 1 heterocycles. The van der Waals surface area contributed by atoms with E-state index in [4.69, 9.17) is 5.11 Å². The standard InChI is InChI=1S/C8H9NO5S/c10-7(1-2-8(11)12)9-6-3-4-15(13,14)5-6/h1-4,6H,5H2,(H,9,10)(H,11,12). The summed E-state index contributed by atoms with van der Waals surface area (Å²) in [6, 6.07) is -0.582. The van der Waals surface area contributed by atoms with Gasteiger partial charge in [-0.25, -0.2) is 13.2 Å². The lowest BCUT2D eigenvalue weighted by atomic mass is 10.3. The smallest absolute Gasteiger partial charge is 0.328 e. The van der Waals surface area contributed by atoms with E-state index in [0.717, 1.165) is 11.5 Å². The zero-order valence-corrected chi connectivity index (χ0v) is 8.40. The van der Waals surface area contributed by atoms with Gasteiger partial charge < -0.3 is 10.4 Å². The third-order valence-corrected chi connectivity index (χ3v) is 3.03. The molecule has 0 saturated heterocycles. The molecule has 0 bridgehead atoms. The summed E-state index contributed by atoms with van der Waals surface area (Å²) in [5, 5.41) is 11.6. The number of carboxylic acid groups (broad SMARTS) is 1. The lowest BCUT2D eigenvalue weighted by Crippen LogP contribution is -2.34. The molecule has 0 aromatic heterocycles. The van der Waals surface area contributed by atoms with Crippen molar-refractivity contribution in [2.75, 3.05) is 5.75 Å². The molecule has 1 unspecified atom stereocenters. The molecule has 0 aromatic rings. The normalized spacial score (nSPS) is 23.1. The predicted molar refractivity (Wildman–Crippen MR) is 51.6 cm³/mol. The summed E-state index contributed by atoms with van der Waals surface area (Å²) in [4.78, 5) is 21.1. The van der Waals surface area contributed by atoms with Gasteiger partial charge in [-0.1, -0.05) is 0 Å². The molecule has 82 valence electrons. The number of carboxylic acids is 1. The third kappa shape index (κ3) is 3.94. The highest BCUT2D eigenvalue weighted by atomic mass is 32.2. The van der Waals surface area contributed by atoms with Crippen LogP contribution in [0.25, 0.3) is 0 Å². The lowest BCUT2D eigenvalue weighted by molar-refractivity contribution is -0.131. The van der Waals surface area contributed by atoms with Gasteiger partial charge in [0, 0.05) is 17.6 Å². The summed E-state index contributed by atoms with van der Waals surface area (Å²) >= 11 is 0. The summed E-state index contributed by atoms with van der Waals surface area (Å²) in [5.41, 5.74) is 0. The average molecular weight is 231 g/mol. The van der Waals surface area contributed by atoms with E-state index in [-0.39, 0.29) is 5.75 Å². The maximum absolute atomic E-state index is 11.0. The Balaban J connectivity index is 2.48. The number of hydrogen-bond acceptors (Lipinski definition) is 4. The Morgan fingerprint density at radius 3 is 2.53 bits per heavy atom. The summed E-state index contributed by atoms with van der Waals surface area (Å²) < 4.78 is 21.9. The van der Waals surface area contributed by atoms with Crippen LogP contribution in [0.3, 0.4) is 0 Å². The van der Waals surface area contributed by atoms with Crippen LogP contribution in [0, 0.1) is 0 Å². The minimum atomic E-state index is -3.21. The quantitative estimate of drug-likeness (QED) is 0.610. The zero-order chi connectivity index (χ0) is 11.5. The van der Waals surface area contributed by atoms with Crippen LogP contribution in [0.2, 0.25) is 0 Å². The minimum Gasteiger partial charge on any atom is -0.478 e. The Morgan fingerprint density at radius 2 is 2.07 bits per heavy atom. The van der Waals surface area contributed by atoms with Gasteiger partial charge in [-0.15, -0.1) is 0 Å². The minimum absolute atomic E-state index is 0.181. The van der Waals surface area contributed by atoms with E-state index < -0.39 is 27.8 Å².